The number of halogens is 1. The van der Waals surface area contributed by atoms with E-state index in [4.69, 9.17) is 4.74 Å². The van der Waals surface area contributed by atoms with Gasteiger partial charge in [0.25, 0.3) is 0 Å². The first kappa shape index (κ1) is 19.3. The van der Waals surface area contributed by atoms with Gasteiger partial charge in [-0.2, -0.15) is 0 Å². The minimum Gasteiger partial charge on any atom is -0.497 e. The molecule has 0 unspecified atom stereocenters. The van der Waals surface area contributed by atoms with E-state index in [2.05, 4.69) is 31.6 Å². The predicted octanol–water partition coefficient (Wildman–Crippen LogP) is 2.94. The minimum atomic E-state index is -0.164. The smallest absolute Gasteiger partial charge is 0.146 e. The van der Waals surface area contributed by atoms with Gasteiger partial charge in [0.2, 0.25) is 0 Å². The lowest BCUT2D eigenvalue weighted by molar-refractivity contribution is 0.198. The molecule has 0 atom stereocenters. The molecule has 0 bridgehead atoms. The Balaban J connectivity index is 1.35. The van der Waals surface area contributed by atoms with Crippen molar-refractivity contribution in [2.24, 2.45) is 7.05 Å². The lowest BCUT2D eigenvalue weighted by Crippen LogP contribution is -2.33. The van der Waals surface area contributed by atoms with Gasteiger partial charge in [-0.3, -0.25) is 9.80 Å². The van der Waals surface area contributed by atoms with Crippen molar-refractivity contribution >= 4 is 0 Å². The van der Waals surface area contributed by atoms with Crippen LogP contribution in [0.3, 0.4) is 0 Å². The molecule has 1 aromatic carbocycles. The number of likely N-dealkylation sites (tertiary alicyclic amines) is 2. The van der Waals surface area contributed by atoms with E-state index in [1.165, 1.54) is 32.0 Å². The highest BCUT2D eigenvalue weighted by Crippen LogP contribution is 2.28. The van der Waals surface area contributed by atoms with Crippen molar-refractivity contribution in [2.45, 2.75) is 44.7 Å². The van der Waals surface area contributed by atoms with Crippen LogP contribution in [0.4, 0.5) is 4.39 Å². The summed E-state index contributed by atoms with van der Waals surface area (Å²) in [6.07, 6.45) is 4.64. The zero-order chi connectivity index (χ0) is 19.5. The highest BCUT2D eigenvalue weighted by atomic mass is 19.1. The number of ether oxygens (including phenoxy) is 1. The molecular weight excluding hydrogens is 357 g/mol. The van der Waals surface area contributed by atoms with Gasteiger partial charge in [-0.05, 0) is 70.1 Å². The van der Waals surface area contributed by atoms with E-state index in [-0.39, 0.29) is 5.82 Å². The predicted molar refractivity (Wildman–Crippen MR) is 106 cm³/mol. The number of nitrogens with zero attached hydrogens (tertiary/aromatic N) is 5. The SMILES string of the molecule is COc1ccc(F)c(CN2CCC(c3nnc(CN4CCCC4)n3C)CC2)c1. The quantitative estimate of drug-likeness (QED) is 0.763. The van der Waals surface area contributed by atoms with Crippen LogP contribution < -0.4 is 4.74 Å². The molecule has 1 aromatic heterocycles. The van der Waals surface area contributed by atoms with Crippen molar-refractivity contribution in [3.8, 4) is 5.75 Å². The molecule has 2 aliphatic heterocycles. The van der Waals surface area contributed by atoms with E-state index in [0.29, 0.717) is 23.8 Å². The van der Waals surface area contributed by atoms with Crippen LogP contribution in [-0.2, 0) is 20.1 Å². The van der Waals surface area contributed by atoms with Gasteiger partial charge in [-0.1, -0.05) is 0 Å². The Hall–Kier alpha value is -1.99. The van der Waals surface area contributed by atoms with Crippen LogP contribution in [0.1, 0.15) is 48.8 Å². The maximum absolute atomic E-state index is 14.1. The summed E-state index contributed by atoms with van der Waals surface area (Å²) in [7, 11) is 3.71. The van der Waals surface area contributed by atoms with Crippen LogP contribution in [0.2, 0.25) is 0 Å². The van der Waals surface area contributed by atoms with Crippen LogP contribution in [-0.4, -0.2) is 57.9 Å². The molecule has 3 heterocycles. The largest absolute Gasteiger partial charge is 0.497 e. The van der Waals surface area contributed by atoms with Crippen LogP contribution in [0.25, 0.3) is 0 Å². The summed E-state index contributed by atoms with van der Waals surface area (Å²) in [6, 6.07) is 4.95. The van der Waals surface area contributed by atoms with Gasteiger partial charge in [0.15, 0.2) is 0 Å². The Morgan fingerprint density at radius 1 is 1.04 bits per heavy atom. The third-order valence-corrected chi connectivity index (χ3v) is 6.16. The molecular formula is C21H30FN5O. The summed E-state index contributed by atoms with van der Waals surface area (Å²) < 4.78 is 21.5. The van der Waals surface area contributed by atoms with Gasteiger partial charge in [0.1, 0.15) is 23.2 Å². The number of hydrogen-bond acceptors (Lipinski definition) is 5. The first-order chi connectivity index (χ1) is 13.6. The van der Waals surface area contributed by atoms with Crippen LogP contribution in [0.5, 0.6) is 5.75 Å². The van der Waals surface area contributed by atoms with Crippen LogP contribution in [0, 0.1) is 5.82 Å². The van der Waals surface area contributed by atoms with Crippen molar-refractivity contribution in [3.63, 3.8) is 0 Å². The number of hydrogen-bond donors (Lipinski definition) is 0. The first-order valence-corrected chi connectivity index (χ1v) is 10.3. The molecule has 0 N–H and O–H groups in total. The topological polar surface area (TPSA) is 46.4 Å². The average molecular weight is 388 g/mol. The van der Waals surface area contributed by atoms with E-state index in [0.717, 1.165) is 44.1 Å². The highest BCUT2D eigenvalue weighted by Gasteiger charge is 2.26. The van der Waals surface area contributed by atoms with Gasteiger partial charge in [0, 0.05) is 25.1 Å². The molecule has 6 nitrogen and oxygen atoms in total. The zero-order valence-corrected chi connectivity index (χ0v) is 16.9. The zero-order valence-electron chi connectivity index (χ0n) is 16.9. The second-order valence-corrected chi connectivity index (χ2v) is 8.02. The third kappa shape index (κ3) is 4.20. The summed E-state index contributed by atoms with van der Waals surface area (Å²) in [4.78, 5) is 4.77. The third-order valence-electron chi connectivity index (χ3n) is 6.16. The molecule has 2 fully saturated rings. The second-order valence-electron chi connectivity index (χ2n) is 8.02. The normalized spacial score (nSPS) is 19.4. The fraction of sp³-hybridized carbons (Fsp3) is 0.619. The fourth-order valence-electron chi connectivity index (χ4n) is 4.40. The molecule has 0 spiro atoms. The molecule has 7 heteroatoms. The van der Waals surface area contributed by atoms with Gasteiger partial charge in [-0.25, -0.2) is 4.39 Å². The van der Waals surface area contributed by atoms with E-state index in [1.807, 2.05) is 0 Å². The van der Waals surface area contributed by atoms with Gasteiger partial charge < -0.3 is 9.30 Å². The molecule has 0 amide bonds. The standard InChI is InChI=1S/C21H30FN5O/c1-25-20(15-26-9-3-4-10-26)23-24-21(25)16-7-11-27(12-8-16)14-17-13-18(28-2)5-6-19(17)22/h5-6,13,16H,3-4,7-12,14-15H2,1-2H3. The Labute approximate surface area is 166 Å². The number of methoxy groups -OCH3 is 1. The molecule has 2 saturated heterocycles. The van der Waals surface area contributed by atoms with Crippen molar-refractivity contribution in [1.82, 2.24) is 24.6 Å². The van der Waals surface area contributed by atoms with Gasteiger partial charge >= 0.3 is 0 Å². The molecule has 4 rings (SSSR count). The number of rotatable bonds is 6. The molecule has 0 aliphatic carbocycles. The minimum absolute atomic E-state index is 0.164. The Kier molecular flexibility index (Phi) is 5.92. The maximum Gasteiger partial charge on any atom is 0.146 e. The monoisotopic (exact) mass is 387 g/mol. The molecule has 0 saturated carbocycles. The molecule has 2 aliphatic rings. The number of benzene rings is 1. The fourth-order valence-corrected chi connectivity index (χ4v) is 4.40. The number of aromatic nitrogens is 3. The second kappa shape index (κ2) is 8.57. The molecule has 2 aromatic rings. The van der Waals surface area contributed by atoms with Crippen LogP contribution >= 0.6 is 0 Å². The van der Waals surface area contributed by atoms with Crippen molar-refractivity contribution in [2.75, 3.05) is 33.3 Å². The first-order valence-electron chi connectivity index (χ1n) is 10.3. The summed E-state index contributed by atoms with van der Waals surface area (Å²) in [5.41, 5.74) is 0.698. The van der Waals surface area contributed by atoms with E-state index < -0.39 is 0 Å². The van der Waals surface area contributed by atoms with Gasteiger partial charge in [-0.15, -0.1) is 10.2 Å². The van der Waals surface area contributed by atoms with E-state index >= 15 is 0 Å². The lowest BCUT2D eigenvalue weighted by Gasteiger charge is -2.31. The Morgan fingerprint density at radius 2 is 1.75 bits per heavy atom. The summed E-state index contributed by atoms with van der Waals surface area (Å²) in [6.45, 7) is 5.74. The molecule has 152 valence electrons. The summed E-state index contributed by atoms with van der Waals surface area (Å²) in [5, 5.41) is 8.98. The van der Waals surface area contributed by atoms with Gasteiger partial charge in [0.05, 0.1) is 13.7 Å². The van der Waals surface area contributed by atoms with E-state index in [9.17, 15) is 4.39 Å². The van der Waals surface area contributed by atoms with Crippen molar-refractivity contribution < 1.29 is 9.13 Å². The Morgan fingerprint density at radius 3 is 2.46 bits per heavy atom. The Bertz CT molecular complexity index is 794. The highest BCUT2D eigenvalue weighted by molar-refractivity contribution is 5.29. The molecule has 0 radical (unpaired) electrons. The van der Waals surface area contributed by atoms with Crippen molar-refractivity contribution in [3.05, 3.63) is 41.2 Å². The van der Waals surface area contributed by atoms with Crippen molar-refractivity contribution in [1.29, 1.82) is 0 Å². The maximum atomic E-state index is 14.1. The van der Waals surface area contributed by atoms with Crippen LogP contribution in [0.15, 0.2) is 18.2 Å². The van der Waals surface area contributed by atoms with E-state index in [1.54, 1.807) is 19.2 Å². The summed E-state index contributed by atoms with van der Waals surface area (Å²) in [5.74, 6) is 3.13. The average Bonchev–Trinajstić information content (AvgIpc) is 3.35. The molecule has 28 heavy (non-hydrogen) atoms. The summed E-state index contributed by atoms with van der Waals surface area (Å²) >= 11 is 0. The number of piperidine rings is 1. The lowest BCUT2D eigenvalue weighted by atomic mass is 9.95.